The number of pyridine rings is 1. The highest BCUT2D eigenvalue weighted by atomic mass is 32.2. The fourth-order valence-corrected chi connectivity index (χ4v) is 9.48. The normalized spacial score (nSPS) is 18.4. The Morgan fingerprint density at radius 1 is 1.05 bits per heavy atom. The number of allylic oxidation sites excluding steroid dienone is 2. The van der Waals surface area contributed by atoms with E-state index in [2.05, 4.69) is 50.2 Å². The zero-order valence-corrected chi connectivity index (χ0v) is 36.7. The number of fused-ring (bicyclic) bond motifs is 1. The minimum absolute atomic E-state index is 0.0466. The Balaban J connectivity index is 1.08. The van der Waals surface area contributed by atoms with E-state index in [0.29, 0.717) is 50.7 Å². The van der Waals surface area contributed by atoms with Crippen molar-refractivity contribution in [2.75, 3.05) is 69.6 Å². The predicted molar refractivity (Wildman–Crippen MR) is 237 cm³/mol. The smallest absolute Gasteiger partial charge is 0.293 e. The van der Waals surface area contributed by atoms with Crippen molar-refractivity contribution >= 4 is 44.0 Å². The van der Waals surface area contributed by atoms with Crippen LogP contribution in [0.15, 0.2) is 89.1 Å². The number of anilines is 2. The van der Waals surface area contributed by atoms with E-state index in [1.807, 2.05) is 18.0 Å². The molecule has 0 saturated carbocycles. The summed E-state index contributed by atoms with van der Waals surface area (Å²) in [7, 11) is -2.77. The molecule has 1 aliphatic carbocycles. The minimum Gasteiger partial charge on any atom is -0.455 e. The first-order valence-corrected chi connectivity index (χ1v) is 22.7. The van der Waals surface area contributed by atoms with Crippen LogP contribution in [-0.2, 0) is 10.0 Å². The van der Waals surface area contributed by atoms with E-state index in [9.17, 15) is 32.1 Å². The fourth-order valence-electron chi connectivity index (χ4n) is 8.50. The van der Waals surface area contributed by atoms with E-state index in [-0.39, 0.29) is 54.6 Å². The van der Waals surface area contributed by atoms with Gasteiger partial charge in [0, 0.05) is 88.2 Å². The number of hydrogen-bond acceptors (Lipinski definition) is 11. The lowest BCUT2D eigenvalue weighted by atomic mass is 9.72. The average molecular weight is 893 g/mol. The molecule has 7 rings (SSSR count). The van der Waals surface area contributed by atoms with Gasteiger partial charge in [-0.25, -0.2) is 31.3 Å². The first-order chi connectivity index (χ1) is 29.9. The van der Waals surface area contributed by atoms with Crippen LogP contribution in [0.2, 0.25) is 0 Å². The number of likely N-dealkylation sites (tertiary alicyclic amines) is 1. The molecule has 4 aromatic rings. The van der Waals surface area contributed by atoms with Gasteiger partial charge in [0.1, 0.15) is 28.5 Å². The van der Waals surface area contributed by atoms with Crippen LogP contribution in [0.25, 0.3) is 11.0 Å². The average Bonchev–Trinajstić information content (AvgIpc) is 3.72. The standard InChI is InChI=1S/C45H55F3N8O6S/c1-30(5-10-41(46)47)37-26-44(2,3)13-11-32(37)28-54-19-21-55(22-20-54)33-6-8-36(40(24-33)62-34-23-31-12-16-49-42(31)50-27-34)43(57)52-63(60,61)35-7-9-38(39(25-35)56(58)59)51-29-45(48)14-17-53(4)18-15-45/h6-9,12,16,23-25,27,41,51H,1,5,10-11,13-15,17-22,26,28-29H2,2-4H3,(H,49,50)(H,52,57). The van der Waals surface area contributed by atoms with Crippen LogP contribution >= 0.6 is 0 Å². The maximum atomic E-state index is 15.4. The lowest BCUT2D eigenvalue weighted by molar-refractivity contribution is -0.384. The van der Waals surface area contributed by atoms with Crippen molar-refractivity contribution < 1.29 is 36.0 Å². The summed E-state index contributed by atoms with van der Waals surface area (Å²) in [4.78, 5) is 38.6. The van der Waals surface area contributed by atoms with Crippen LogP contribution in [0.3, 0.4) is 0 Å². The van der Waals surface area contributed by atoms with E-state index in [1.165, 1.54) is 23.9 Å². The van der Waals surface area contributed by atoms with Gasteiger partial charge in [-0.1, -0.05) is 31.6 Å². The second-order valence-electron chi connectivity index (χ2n) is 17.8. The maximum Gasteiger partial charge on any atom is 0.293 e. The fraction of sp³-hybridized carbons (Fsp3) is 0.467. The molecule has 338 valence electrons. The van der Waals surface area contributed by atoms with E-state index >= 15 is 4.39 Å². The molecule has 3 N–H and O–H groups in total. The number of nitrogens with one attached hydrogen (secondary N) is 3. The number of benzene rings is 2. The first kappa shape index (κ1) is 45.6. The highest BCUT2D eigenvalue weighted by Crippen LogP contribution is 2.43. The van der Waals surface area contributed by atoms with Gasteiger partial charge in [-0.05, 0) is 93.0 Å². The van der Waals surface area contributed by atoms with Gasteiger partial charge in [0.05, 0.1) is 21.6 Å². The van der Waals surface area contributed by atoms with E-state index in [1.54, 1.807) is 24.4 Å². The summed E-state index contributed by atoms with van der Waals surface area (Å²) >= 11 is 0. The van der Waals surface area contributed by atoms with Crippen LogP contribution in [0.5, 0.6) is 11.5 Å². The number of carbonyl (C=O) groups excluding carboxylic acids is 1. The monoisotopic (exact) mass is 892 g/mol. The molecule has 3 aliphatic rings. The molecule has 18 heteroatoms. The molecular weight excluding hydrogens is 838 g/mol. The number of carbonyl (C=O) groups is 1. The van der Waals surface area contributed by atoms with Gasteiger partial charge in [-0.15, -0.1) is 0 Å². The number of amides is 1. The van der Waals surface area contributed by atoms with Crippen molar-refractivity contribution in [2.45, 2.75) is 75.8 Å². The second kappa shape index (κ2) is 18.7. The molecule has 4 heterocycles. The van der Waals surface area contributed by atoms with E-state index in [0.717, 1.165) is 60.2 Å². The number of nitro benzene ring substituents is 1. The molecule has 1 amide bonds. The number of rotatable bonds is 16. The topological polar surface area (TPSA) is 166 Å². The number of piperazine rings is 1. The number of nitro groups is 1. The van der Waals surface area contributed by atoms with Gasteiger partial charge < -0.3 is 24.8 Å². The molecule has 2 aliphatic heterocycles. The minimum atomic E-state index is -4.66. The molecule has 0 bridgehead atoms. The molecule has 14 nitrogen and oxygen atoms in total. The second-order valence-corrected chi connectivity index (χ2v) is 19.4. The van der Waals surface area contributed by atoms with Crippen molar-refractivity contribution in [3.8, 4) is 11.5 Å². The third kappa shape index (κ3) is 11.2. The number of hydrogen-bond donors (Lipinski definition) is 3. The summed E-state index contributed by atoms with van der Waals surface area (Å²) in [6.45, 7) is 12.9. The van der Waals surface area contributed by atoms with Crippen LogP contribution < -0.4 is 19.7 Å². The van der Waals surface area contributed by atoms with Crippen molar-refractivity contribution in [1.29, 1.82) is 0 Å². The molecule has 2 fully saturated rings. The Hall–Kier alpha value is -5.46. The molecule has 0 spiro atoms. The Morgan fingerprint density at radius 3 is 2.51 bits per heavy atom. The number of sulfonamides is 1. The number of piperidine rings is 1. The summed E-state index contributed by atoms with van der Waals surface area (Å²) in [5.41, 5.74) is 2.28. The van der Waals surface area contributed by atoms with Crippen molar-refractivity contribution in [2.24, 2.45) is 5.41 Å². The van der Waals surface area contributed by atoms with Crippen molar-refractivity contribution in [1.82, 2.24) is 24.5 Å². The van der Waals surface area contributed by atoms with E-state index in [4.69, 9.17) is 4.74 Å². The number of aromatic nitrogens is 2. The number of aromatic amines is 1. The lowest BCUT2D eigenvalue weighted by Crippen LogP contribution is -2.47. The molecule has 2 aromatic carbocycles. The Kier molecular flexibility index (Phi) is 13.5. The summed E-state index contributed by atoms with van der Waals surface area (Å²) in [6, 6.07) is 11.5. The van der Waals surface area contributed by atoms with Crippen molar-refractivity contribution in [3.05, 3.63) is 99.9 Å². The van der Waals surface area contributed by atoms with Crippen LogP contribution in [-0.4, -0.2) is 111 Å². The van der Waals surface area contributed by atoms with E-state index < -0.39 is 43.5 Å². The number of ether oxygens (including phenoxy) is 1. The largest absolute Gasteiger partial charge is 0.455 e. The number of H-pyrrole nitrogens is 1. The quantitative estimate of drug-likeness (QED) is 0.0730. The van der Waals surface area contributed by atoms with Gasteiger partial charge in [0.2, 0.25) is 6.43 Å². The van der Waals surface area contributed by atoms with Crippen LogP contribution in [0.4, 0.5) is 30.2 Å². The van der Waals surface area contributed by atoms with Crippen LogP contribution in [0, 0.1) is 15.5 Å². The Bertz CT molecular complexity index is 2490. The summed E-state index contributed by atoms with van der Waals surface area (Å²) in [5, 5.41) is 15.6. The Labute approximate surface area is 365 Å². The number of alkyl halides is 3. The van der Waals surface area contributed by atoms with Gasteiger partial charge in [-0.3, -0.25) is 19.8 Å². The van der Waals surface area contributed by atoms with Gasteiger partial charge in [0.25, 0.3) is 21.6 Å². The number of nitrogens with zero attached hydrogens (tertiary/aromatic N) is 5. The SMILES string of the molecule is C=C(CCC(F)F)C1=C(CN2CCN(c3ccc(C(=O)NS(=O)(=O)c4ccc(NCC5(F)CCN(C)CC5)c([N+](=O)[O-])c4)c(Oc4cnc5[nH]ccc5c4)c3)CC2)CCC(C)(C)C1. The molecular formula is C45H55F3N8O6S. The molecule has 2 aromatic heterocycles. The summed E-state index contributed by atoms with van der Waals surface area (Å²) in [5.74, 6) is -0.677. The highest BCUT2D eigenvalue weighted by molar-refractivity contribution is 7.90. The zero-order chi connectivity index (χ0) is 45.1. The maximum absolute atomic E-state index is 15.4. The lowest BCUT2D eigenvalue weighted by Gasteiger charge is -2.39. The van der Waals surface area contributed by atoms with Gasteiger partial charge >= 0.3 is 0 Å². The van der Waals surface area contributed by atoms with Crippen molar-refractivity contribution in [3.63, 3.8) is 0 Å². The molecule has 0 unspecified atom stereocenters. The molecule has 0 radical (unpaired) electrons. The van der Waals surface area contributed by atoms with Gasteiger partial charge in [-0.2, -0.15) is 0 Å². The third-order valence-corrected chi connectivity index (χ3v) is 13.8. The number of halogens is 3. The summed E-state index contributed by atoms with van der Waals surface area (Å²) < 4.78 is 77.3. The zero-order valence-electron chi connectivity index (χ0n) is 35.9. The predicted octanol–water partition coefficient (Wildman–Crippen LogP) is 8.46. The van der Waals surface area contributed by atoms with Gasteiger partial charge in [0.15, 0.2) is 0 Å². The Morgan fingerprint density at radius 2 is 1.79 bits per heavy atom. The van der Waals surface area contributed by atoms with Crippen LogP contribution in [0.1, 0.15) is 69.2 Å². The molecule has 2 saturated heterocycles. The summed E-state index contributed by atoms with van der Waals surface area (Å²) in [6.07, 6.45) is 4.10. The molecule has 63 heavy (non-hydrogen) atoms. The highest BCUT2D eigenvalue weighted by Gasteiger charge is 2.35. The third-order valence-electron chi connectivity index (χ3n) is 12.4. The first-order valence-electron chi connectivity index (χ1n) is 21.2. The molecule has 0 atom stereocenters.